The van der Waals surface area contributed by atoms with Gasteiger partial charge >= 0.3 is 0 Å². The molecule has 1 heteroatoms. The standard InChI is InChI=1S/C11H11N/c1-2-6-10(7-3-1)11-8-4-5-9-12-11/h1-2,4-6,8-9H,3,7H2. The lowest BCUT2D eigenvalue weighted by Crippen LogP contribution is -1.90. The predicted octanol–water partition coefficient (Wildman–Crippen LogP) is 2.82. The quantitative estimate of drug-likeness (QED) is 0.610. The van der Waals surface area contributed by atoms with E-state index in [0.717, 1.165) is 18.5 Å². The van der Waals surface area contributed by atoms with Crippen LogP contribution in [0.5, 0.6) is 0 Å². The first kappa shape index (κ1) is 7.29. The molecule has 0 spiro atoms. The van der Waals surface area contributed by atoms with Crippen molar-refractivity contribution < 1.29 is 0 Å². The van der Waals surface area contributed by atoms with E-state index in [-0.39, 0.29) is 0 Å². The lowest BCUT2D eigenvalue weighted by atomic mass is 10.0. The maximum absolute atomic E-state index is 4.30. The van der Waals surface area contributed by atoms with Crippen molar-refractivity contribution in [3.05, 3.63) is 48.3 Å². The van der Waals surface area contributed by atoms with Crippen LogP contribution in [-0.4, -0.2) is 4.98 Å². The predicted molar refractivity (Wildman–Crippen MR) is 50.6 cm³/mol. The van der Waals surface area contributed by atoms with Gasteiger partial charge in [-0.05, 0) is 30.5 Å². The SMILES string of the molecule is C1=CCCC(c2ccccn2)=C1. The van der Waals surface area contributed by atoms with Crippen molar-refractivity contribution in [2.75, 3.05) is 0 Å². The zero-order valence-corrected chi connectivity index (χ0v) is 6.90. The second-order valence-electron chi connectivity index (χ2n) is 2.87. The highest BCUT2D eigenvalue weighted by atomic mass is 14.7. The highest BCUT2D eigenvalue weighted by molar-refractivity contribution is 5.65. The fourth-order valence-corrected chi connectivity index (χ4v) is 1.37. The van der Waals surface area contributed by atoms with Gasteiger partial charge in [-0.1, -0.05) is 24.3 Å². The van der Waals surface area contributed by atoms with Crippen molar-refractivity contribution in [3.63, 3.8) is 0 Å². The topological polar surface area (TPSA) is 12.9 Å². The second kappa shape index (κ2) is 3.35. The minimum absolute atomic E-state index is 1.11. The van der Waals surface area contributed by atoms with E-state index in [2.05, 4.69) is 29.3 Å². The van der Waals surface area contributed by atoms with Crippen LogP contribution in [0.4, 0.5) is 0 Å². The fraction of sp³-hybridized carbons (Fsp3) is 0.182. The van der Waals surface area contributed by atoms with Gasteiger partial charge in [-0.15, -0.1) is 0 Å². The smallest absolute Gasteiger partial charge is 0.0661 e. The molecule has 0 bridgehead atoms. The molecule has 0 unspecified atom stereocenters. The lowest BCUT2D eigenvalue weighted by molar-refractivity contribution is 1.04. The van der Waals surface area contributed by atoms with Crippen LogP contribution < -0.4 is 0 Å². The summed E-state index contributed by atoms with van der Waals surface area (Å²) in [5.41, 5.74) is 2.46. The van der Waals surface area contributed by atoms with E-state index in [1.54, 1.807) is 0 Å². The number of hydrogen-bond donors (Lipinski definition) is 0. The summed E-state index contributed by atoms with van der Waals surface area (Å²) in [5.74, 6) is 0. The molecular weight excluding hydrogens is 146 g/mol. The summed E-state index contributed by atoms with van der Waals surface area (Å²) in [6, 6.07) is 6.04. The second-order valence-corrected chi connectivity index (χ2v) is 2.87. The molecule has 0 amide bonds. The zero-order chi connectivity index (χ0) is 8.23. The van der Waals surface area contributed by atoms with Gasteiger partial charge in [0.05, 0.1) is 5.69 Å². The molecule has 1 heterocycles. The minimum atomic E-state index is 1.11. The molecule has 0 aromatic carbocycles. The van der Waals surface area contributed by atoms with Crippen LogP contribution >= 0.6 is 0 Å². The third-order valence-electron chi connectivity index (χ3n) is 2.01. The van der Waals surface area contributed by atoms with E-state index in [1.165, 1.54) is 5.57 Å². The van der Waals surface area contributed by atoms with Gasteiger partial charge in [-0.3, -0.25) is 4.98 Å². The first-order chi connectivity index (χ1) is 5.97. The monoisotopic (exact) mass is 157 g/mol. The van der Waals surface area contributed by atoms with Crippen molar-refractivity contribution in [1.82, 2.24) is 4.98 Å². The highest BCUT2D eigenvalue weighted by Gasteiger charge is 2.02. The van der Waals surface area contributed by atoms with Crippen molar-refractivity contribution in [2.24, 2.45) is 0 Å². The molecule has 2 rings (SSSR count). The maximum Gasteiger partial charge on any atom is 0.0661 e. The highest BCUT2D eigenvalue weighted by Crippen LogP contribution is 2.20. The summed E-state index contributed by atoms with van der Waals surface area (Å²) < 4.78 is 0. The molecule has 12 heavy (non-hydrogen) atoms. The number of rotatable bonds is 1. The Morgan fingerprint density at radius 3 is 2.92 bits per heavy atom. The molecule has 0 saturated heterocycles. The third-order valence-corrected chi connectivity index (χ3v) is 2.01. The summed E-state index contributed by atoms with van der Waals surface area (Å²) in [7, 11) is 0. The first-order valence-electron chi connectivity index (χ1n) is 4.24. The Morgan fingerprint density at radius 1 is 1.25 bits per heavy atom. The molecular formula is C11H11N. The van der Waals surface area contributed by atoms with Crippen LogP contribution in [-0.2, 0) is 0 Å². The summed E-state index contributed by atoms with van der Waals surface area (Å²) in [4.78, 5) is 4.30. The molecule has 0 fully saturated rings. The van der Waals surface area contributed by atoms with Crippen LogP contribution in [0, 0.1) is 0 Å². The normalized spacial score (nSPS) is 15.8. The molecule has 0 N–H and O–H groups in total. The Balaban J connectivity index is 2.31. The Kier molecular flexibility index (Phi) is 2.04. The largest absolute Gasteiger partial charge is 0.257 e. The van der Waals surface area contributed by atoms with Gasteiger partial charge in [0, 0.05) is 6.20 Å². The van der Waals surface area contributed by atoms with Crippen molar-refractivity contribution in [3.8, 4) is 0 Å². The summed E-state index contributed by atoms with van der Waals surface area (Å²) in [6.07, 6.45) is 10.5. The average Bonchev–Trinajstić information content (AvgIpc) is 2.21. The Morgan fingerprint density at radius 2 is 2.25 bits per heavy atom. The van der Waals surface area contributed by atoms with Crippen molar-refractivity contribution in [2.45, 2.75) is 12.8 Å². The van der Waals surface area contributed by atoms with Crippen molar-refractivity contribution >= 4 is 5.57 Å². The van der Waals surface area contributed by atoms with Crippen LogP contribution in [0.25, 0.3) is 5.57 Å². The van der Waals surface area contributed by atoms with Gasteiger partial charge in [-0.25, -0.2) is 0 Å². The van der Waals surface area contributed by atoms with Gasteiger partial charge < -0.3 is 0 Å². The molecule has 1 aromatic rings. The number of pyridine rings is 1. The Bertz CT molecular complexity index is 309. The Hall–Kier alpha value is -1.37. The number of hydrogen-bond acceptors (Lipinski definition) is 1. The van der Waals surface area contributed by atoms with E-state index >= 15 is 0 Å². The van der Waals surface area contributed by atoms with Gasteiger partial charge in [0.15, 0.2) is 0 Å². The molecule has 1 nitrogen and oxygen atoms in total. The van der Waals surface area contributed by atoms with E-state index < -0.39 is 0 Å². The number of aromatic nitrogens is 1. The molecule has 1 aliphatic rings. The molecule has 1 aromatic heterocycles. The molecule has 60 valence electrons. The summed E-state index contributed by atoms with van der Waals surface area (Å²) in [5, 5.41) is 0. The van der Waals surface area contributed by atoms with Gasteiger partial charge in [-0.2, -0.15) is 0 Å². The first-order valence-corrected chi connectivity index (χ1v) is 4.24. The molecule has 1 aliphatic carbocycles. The van der Waals surface area contributed by atoms with Crippen molar-refractivity contribution in [1.29, 1.82) is 0 Å². The molecule has 0 aliphatic heterocycles. The van der Waals surface area contributed by atoms with E-state index in [4.69, 9.17) is 0 Å². The van der Waals surface area contributed by atoms with E-state index in [1.807, 2.05) is 18.3 Å². The maximum atomic E-state index is 4.30. The number of nitrogens with zero attached hydrogens (tertiary/aromatic N) is 1. The summed E-state index contributed by atoms with van der Waals surface area (Å²) in [6.45, 7) is 0. The van der Waals surface area contributed by atoms with E-state index in [0.29, 0.717) is 0 Å². The molecule has 0 atom stereocenters. The Labute approximate surface area is 72.5 Å². The summed E-state index contributed by atoms with van der Waals surface area (Å²) >= 11 is 0. The number of allylic oxidation sites excluding steroid dienone is 4. The fourth-order valence-electron chi connectivity index (χ4n) is 1.37. The van der Waals surface area contributed by atoms with Crippen LogP contribution in [0.2, 0.25) is 0 Å². The van der Waals surface area contributed by atoms with Crippen LogP contribution in [0.15, 0.2) is 42.6 Å². The average molecular weight is 157 g/mol. The zero-order valence-electron chi connectivity index (χ0n) is 6.90. The van der Waals surface area contributed by atoms with Gasteiger partial charge in [0.25, 0.3) is 0 Å². The molecule has 0 saturated carbocycles. The lowest BCUT2D eigenvalue weighted by Gasteiger charge is -2.06. The minimum Gasteiger partial charge on any atom is -0.257 e. The third kappa shape index (κ3) is 1.45. The van der Waals surface area contributed by atoms with Crippen LogP contribution in [0.3, 0.4) is 0 Å². The van der Waals surface area contributed by atoms with E-state index in [9.17, 15) is 0 Å². The van der Waals surface area contributed by atoms with Gasteiger partial charge in [0.1, 0.15) is 0 Å². The van der Waals surface area contributed by atoms with Gasteiger partial charge in [0.2, 0.25) is 0 Å². The molecule has 0 radical (unpaired) electrons. The van der Waals surface area contributed by atoms with Crippen LogP contribution in [0.1, 0.15) is 18.5 Å².